The predicted molar refractivity (Wildman–Crippen MR) is 50.3 cm³/mol. The number of carbonyl (C=O) groups is 1. The standard InChI is InChI=1S/C9H18N2O2/c1-7-5-11(6-8(2)13-7)9(12)3-4-10/h7-8H,3-6,10H2,1-2H3/t7-,8-/m1/s1. The van der Waals surface area contributed by atoms with Gasteiger partial charge in [-0.25, -0.2) is 0 Å². The third-order valence-corrected chi connectivity index (χ3v) is 2.13. The zero-order valence-corrected chi connectivity index (χ0v) is 8.32. The minimum absolute atomic E-state index is 0.143. The molecule has 1 heterocycles. The van der Waals surface area contributed by atoms with E-state index in [1.165, 1.54) is 0 Å². The maximum atomic E-state index is 11.5. The van der Waals surface area contributed by atoms with Gasteiger partial charge in [-0.2, -0.15) is 0 Å². The summed E-state index contributed by atoms with van der Waals surface area (Å²) in [5, 5.41) is 0. The number of nitrogens with two attached hydrogens (primary N) is 1. The number of ether oxygens (including phenoxy) is 1. The second-order valence-corrected chi connectivity index (χ2v) is 3.59. The molecular formula is C9H18N2O2. The van der Waals surface area contributed by atoms with E-state index in [0.29, 0.717) is 26.1 Å². The van der Waals surface area contributed by atoms with E-state index in [-0.39, 0.29) is 18.1 Å². The third-order valence-electron chi connectivity index (χ3n) is 2.13. The van der Waals surface area contributed by atoms with Gasteiger partial charge in [0, 0.05) is 26.1 Å². The van der Waals surface area contributed by atoms with Crippen LogP contribution >= 0.6 is 0 Å². The van der Waals surface area contributed by atoms with Crippen LogP contribution in [0.3, 0.4) is 0 Å². The van der Waals surface area contributed by atoms with Gasteiger partial charge in [0.15, 0.2) is 0 Å². The van der Waals surface area contributed by atoms with E-state index < -0.39 is 0 Å². The first-order valence-electron chi connectivity index (χ1n) is 4.76. The molecule has 1 fully saturated rings. The summed E-state index contributed by atoms with van der Waals surface area (Å²) >= 11 is 0. The molecule has 0 aromatic carbocycles. The zero-order valence-electron chi connectivity index (χ0n) is 8.32. The van der Waals surface area contributed by atoms with Crippen molar-refractivity contribution in [2.75, 3.05) is 19.6 Å². The van der Waals surface area contributed by atoms with E-state index in [0.717, 1.165) is 0 Å². The SMILES string of the molecule is C[C@@H]1CN(C(=O)CCN)C[C@@H](C)O1. The summed E-state index contributed by atoms with van der Waals surface area (Å²) < 4.78 is 5.52. The van der Waals surface area contributed by atoms with E-state index in [4.69, 9.17) is 10.5 Å². The lowest BCUT2D eigenvalue weighted by Gasteiger charge is -2.35. The molecule has 13 heavy (non-hydrogen) atoms. The van der Waals surface area contributed by atoms with E-state index in [9.17, 15) is 4.79 Å². The Balaban J connectivity index is 2.45. The summed E-state index contributed by atoms with van der Waals surface area (Å²) in [6.07, 6.45) is 0.732. The summed E-state index contributed by atoms with van der Waals surface area (Å²) in [5.74, 6) is 0.143. The molecule has 4 heteroatoms. The maximum absolute atomic E-state index is 11.5. The number of nitrogens with zero attached hydrogens (tertiary/aromatic N) is 1. The quantitative estimate of drug-likeness (QED) is 0.659. The van der Waals surface area contributed by atoms with Gasteiger partial charge in [0.25, 0.3) is 0 Å². The van der Waals surface area contributed by atoms with Crippen molar-refractivity contribution < 1.29 is 9.53 Å². The van der Waals surface area contributed by atoms with Crippen molar-refractivity contribution in [3.63, 3.8) is 0 Å². The molecule has 2 atom stereocenters. The number of hydrogen-bond donors (Lipinski definition) is 1. The fraction of sp³-hybridized carbons (Fsp3) is 0.889. The fourth-order valence-corrected chi connectivity index (χ4v) is 1.66. The third kappa shape index (κ3) is 2.97. The van der Waals surface area contributed by atoms with Crippen LogP contribution in [0.5, 0.6) is 0 Å². The number of carbonyl (C=O) groups excluding carboxylic acids is 1. The lowest BCUT2D eigenvalue weighted by molar-refractivity contribution is -0.142. The summed E-state index contributed by atoms with van der Waals surface area (Å²) in [7, 11) is 0. The molecule has 2 N–H and O–H groups in total. The Morgan fingerprint density at radius 1 is 1.46 bits per heavy atom. The first-order valence-corrected chi connectivity index (χ1v) is 4.76. The molecule has 1 aliphatic heterocycles. The Hall–Kier alpha value is -0.610. The Morgan fingerprint density at radius 2 is 2.00 bits per heavy atom. The van der Waals surface area contributed by atoms with E-state index in [2.05, 4.69) is 0 Å². The van der Waals surface area contributed by atoms with Gasteiger partial charge in [-0.1, -0.05) is 0 Å². The van der Waals surface area contributed by atoms with Gasteiger partial charge < -0.3 is 15.4 Å². The topological polar surface area (TPSA) is 55.6 Å². The van der Waals surface area contributed by atoms with Gasteiger partial charge in [-0.15, -0.1) is 0 Å². The summed E-state index contributed by atoms with van der Waals surface area (Å²) in [6.45, 7) is 5.79. The minimum Gasteiger partial charge on any atom is -0.372 e. The van der Waals surface area contributed by atoms with Crippen LogP contribution in [0.25, 0.3) is 0 Å². The lowest BCUT2D eigenvalue weighted by atomic mass is 10.2. The number of hydrogen-bond acceptors (Lipinski definition) is 3. The predicted octanol–water partition coefficient (Wildman–Crippen LogP) is -0.0290. The molecule has 76 valence electrons. The molecule has 0 bridgehead atoms. The maximum Gasteiger partial charge on any atom is 0.224 e. The molecule has 1 aliphatic rings. The van der Waals surface area contributed by atoms with E-state index in [1.54, 1.807) is 0 Å². The van der Waals surface area contributed by atoms with Crippen molar-refractivity contribution in [1.29, 1.82) is 0 Å². The summed E-state index contributed by atoms with van der Waals surface area (Å²) in [5.41, 5.74) is 5.33. The minimum atomic E-state index is 0.143. The number of morpholine rings is 1. The van der Waals surface area contributed by atoms with Crippen LogP contribution in [-0.4, -0.2) is 42.6 Å². The van der Waals surface area contributed by atoms with Crippen molar-refractivity contribution in [1.82, 2.24) is 4.90 Å². The second kappa shape index (κ2) is 4.58. The molecule has 0 saturated carbocycles. The number of amides is 1. The van der Waals surface area contributed by atoms with Crippen molar-refractivity contribution in [3.05, 3.63) is 0 Å². The Morgan fingerprint density at radius 3 is 2.46 bits per heavy atom. The van der Waals surface area contributed by atoms with Gasteiger partial charge in [-0.3, -0.25) is 4.79 Å². The average Bonchev–Trinajstić information content (AvgIpc) is 2.03. The molecular weight excluding hydrogens is 168 g/mol. The molecule has 0 aliphatic carbocycles. The van der Waals surface area contributed by atoms with Crippen LogP contribution in [0.4, 0.5) is 0 Å². The highest BCUT2D eigenvalue weighted by Crippen LogP contribution is 2.11. The van der Waals surface area contributed by atoms with E-state index >= 15 is 0 Å². The number of rotatable bonds is 2. The molecule has 4 nitrogen and oxygen atoms in total. The highest BCUT2D eigenvalue weighted by atomic mass is 16.5. The monoisotopic (exact) mass is 186 g/mol. The van der Waals surface area contributed by atoms with E-state index in [1.807, 2.05) is 18.7 Å². The first kappa shape index (κ1) is 10.5. The molecule has 1 saturated heterocycles. The highest BCUT2D eigenvalue weighted by Gasteiger charge is 2.24. The molecule has 0 aromatic heterocycles. The zero-order chi connectivity index (χ0) is 9.84. The molecule has 0 spiro atoms. The molecule has 1 amide bonds. The van der Waals surface area contributed by atoms with Gasteiger partial charge in [0.1, 0.15) is 0 Å². The normalized spacial score (nSPS) is 29.0. The largest absolute Gasteiger partial charge is 0.372 e. The smallest absolute Gasteiger partial charge is 0.224 e. The first-order chi connectivity index (χ1) is 6.13. The van der Waals surface area contributed by atoms with Crippen LogP contribution in [-0.2, 0) is 9.53 Å². The summed E-state index contributed by atoms with van der Waals surface area (Å²) in [6, 6.07) is 0. The van der Waals surface area contributed by atoms with Crippen LogP contribution in [0, 0.1) is 0 Å². The molecule has 0 aromatic rings. The molecule has 1 rings (SSSR count). The van der Waals surface area contributed by atoms with Crippen LogP contribution in [0.15, 0.2) is 0 Å². The van der Waals surface area contributed by atoms with Crippen LogP contribution in [0.1, 0.15) is 20.3 Å². The Labute approximate surface area is 79.0 Å². The van der Waals surface area contributed by atoms with Gasteiger partial charge >= 0.3 is 0 Å². The van der Waals surface area contributed by atoms with Gasteiger partial charge in [0.2, 0.25) is 5.91 Å². The van der Waals surface area contributed by atoms with Gasteiger partial charge in [0.05, 0.1) is 12.2 Å². The average molecular weight is 186 g/mol. The van der Waals surface area contributed by atoms with Crippen LogP contribution in [0.2, 0.25) is 0 Å². The molecule has 0 unspecified atom stereocenters. The van der Waals surface area contributed by atoms with Crippen molar-refractivity contribution in [3.8, 4) is 0 Å². The molecule has 0 radical (unpaired) electrons. The summed E-state index contributed by atoms with van der Waals surface area (Å²) in [4.78, 5) is 13.3. The Bertz CT molecular complexity index is 174. The van der Waals surface area contributed by atoms with Crippen molar-refractivity contribution in [2.24, 2.45) is 5.73 Å². The lowest BCUT2D eigenvalue weighted by Crippen LogP contribution is -2.48. The van der Waals surface area contributed by atoms with Crippen molar-refractivity contribution in [2.45, 2.75) is 32.5 Å². The van der Waals surface area contributed by atoms with Crippen molar-refractivity contribution >= 4 is 5.91 Å². The van der Waals surface area contributed by atoms with Crippen LogP contribution < -0.4 is 5.73 Å². The fourth-order valence-electron chi connectivity index (χ4n) is 1.66. The van der Waals surface area contributed by atoms with Gasteiger partial charge in [-0.05, 0) is 13.8 Å². The second-order valence-electron chi connectivity index (χ2n) is 3.59. The highest BCUT2D eigenvalue weighted by molar-refractivity contribution is 5.76. The Kier molecular flexibility index (Phi) is 3.69.